The maximum Gasteiger partial charge on any atom is 0.287 e. The van der Waals surface area contributed by atoms with E-state index in [1.54, 1.807) is 13.0 Å². The van der Waals surface area contributed by atoms with E-state index >= 15 is 0 Å². The second kappa shape index (κ2) is 4.82. The molecule has 0 spiro atoms. The number of nitrogens with one attached hydrogen (secondary N) is 1. The summed E-state index contributed by atoms with van der Waals surface area (Å²) in [7, 11) is 0. The molecule has 0 aliphatic heterocycles. The van der Waals surface area contributed by atoms with Crippen LogP contribution in [0.5, 0.6) is 0 Å². The zero-order valence-electron chi connectivity index (χ0n) is 10.8. The zero-order valence-corrected chi connectivity index (χ0v) is 10.8. The third-order valence-corrected chi connectivity index (χ3v) is 2.91. The third kappa shape index (κ3) is 2.54. The van der Waals surface area contributed by atoms with E-state index in [0.29, 0.717) is 5.58 Å². The maximum atomic E-state index is 11.8. The molecule has 0 fully saturated rings. The molecule has 0 bridgehead atoms. The van der Waals surface area contributed by atoms with Crippen LogP contribution in [0.15, 0.2) is 22.6 Å². The summed E-state index contributed by atoms with van der Waals surface area (Å²) in [6.07, 6.45) is -0.567. The van der Waals surface area contributed by atoms with Crippen molar-refractivity contribution < 1.29 is 14.3 Å². The Morgan fingerprint density at radius 2 is 2.00 bits per heavy atom. The minimum atomic E-state index is -0.567. The molecule has 2 N–H and O–H groups in total. The quantitative estimate of drug-likeness (QED) is 0.873. The van der Waals surface area contributed by atoms with E-state index < -0.39 is 6.10 Å². The third-order valence-electron chi connectivity index (χ3n) is 2.91. The first-order valence-corrected chi connectivity index (χ1v) is 5.94. The van der Waals surface area contributed by atoms with Gasteiger partial charge in [0, 0.05) is 11.9 Å². The molecule has 1 amide bonds. The van der Waals surface area contributed by atoms with Gasteiger partial charge in [-0.15, -0.1) is 0 Å². The Morgan fingerprint density at radius 1 is 1.33 bits per heavy atom. The van der Waals surface area contributed by atoms with Gasteiger partial charge in [-0.3, -0.25) is 4.79 Å². The number of carbonyl (C=O) groups excluding carboxylic acids is 1. The summed E-state index contributed by atoms with van der Waals surface area (Å²) in [6, 6.07) is 5.65. The van der Waals surface area contributed by atoms with Crippen LogP contribution in [0.25, 0.3) is 11.0 Å². The number of aryl methyl sites for hydroxylation is 2. The van der Waals surface area contributed by atoms with Gasteiger partial charge < -0.3 is 14.8 Å². The topological polar surface area (TPSA) is 62.5 Å². The highest BCUT2D eigenvalue weighted by Crippen LogP contribution is 2.23. The highest BCUT2D eigenvalue weighted by molar-refractivity contribution is 5.96. The van der Waals surface area contributed by atoms with E-state index in [9.17, 15) is 4.79 Å². The number of hydrogen-bond acceptors (Lipinski definition) is 3. The van der Waals surface area contributed by atoms with Crippen LogP contribution in [0.4, 0.5) is 0 Å². The summed E-state index contributed by atoms with van der Waals surface area (Å²) in [4.78, 5) is 11.8. The Balaban J connectivity index is 2.27. The molecule has 0 saturated heterocycles. The average Bonchev–Trinajstić information content (AvgIpc) is 2.69. The Morgan fingerprint density at radius 3 is 2.67 bits per heavy atom. The van der Waals surface area contributed by atoms with Crippen LogP contribution in [0.3, 0.4) is 0 Å². The molecule has 4 heteroatoms. The number of rotatable bonds is 3. The van der Waals surface area contributed by atoms with Crippen LogP contribution < -0.4 is 5.32 Å². The molecule has 0 saturated carbocycles. The largest absolute Gasteiger partial charge is 0.451 e. The van der Waals surface area contributed by atoms with Crippen molar-refractivity contribution in [2.45, 2.75) is 26.9 Å². The molecular weight excluding hydrogens is 230 g/mol. The van der Waals surface area contributed by atoms with Gasteiger partial charge in [-0.25, -0.2) is 0 Å². The lowest BCUT2D eigenvalue weighted by Gasteiger charge is -2.04. The predicted molar refractivity (Wildman–Crippen MR) is 69.7 cm³/mol. The normalized spacial score (nSPS) is 12.7. The predicted octanol–water partition coefficient (Wildman–Crippen LogP) is 2.16. The van der Waals surface area contributed by atoms with Crippen LogP contribution >= 0.6 is 0 Å². The lowest BCUT2D eigenvalue weighted by atomic mass is 10.1. The zero-order chi connectivity index (χ0) is 13.3. The molecule has 1 unspecified atom stereocenters. The van der Waals surface area contributed by atoms with Crippen molar-refractivity contribution in [2.24, 2.45) is 0 Å². The Hall–Kier alpha value is -1.81. The molecule has 18 heavy (non-hydrogen) atoms. The van der Waals surface area contributed by atoms with E-state index in [1.807, 2.05) is 26.0 Å². The van der Waals surface area contributed by atoms with Crippen LogP contribution in [0, 0.1) is 13.8 Å². The number of furan rings is 1. The molecular formula is C14H17NO3. The van der Waals surface area contributed by atoms with E-state index in [0.717, 1.165) is 10.9 Å². The van der Waals surface area contributed by atoms with Gasteiger partial charge in [0.1, 0.15) is 5.58 Å². The van der Waals surface area contributed by atoms with Gasteiger partial charge in [-0.05, 0) is 50.1 Å². The summed E-state index contributed by atoms with van der Waals surface area (Å²) in [5.74, 6) is -0.0296. The summed E-state index contributed by atoms with van der Waals surface area (Å²) in [6.45, 7) is 5.86. The lowest BCUT2D eigenvalue weighted by molar-refractivity contribution is 0.0898. The first-order valence-electron chi connectivity index (χ1n) is 5.94. The number of amides is 1. The van der Waals surface area contributed by atoms with Crippen LogP contribution in [-0.4, -0.2) is 23.7 Å². The van der Waals surface area contributed by atoms with Gasteiger partial charge in [0.25, 0.3) is 5.91 Å². The van der Waals surface area contributed by atoms with Gasteiger partial charge >= 0.3 is 0 Å². The molecule has 1 aromatic heterocycles. The monoisotopic (exact) mass is 247 g/mol. The molecule has 4 nitrogen and oxygen atoms in total. The van der Waals surface area contributed by atoms with Gasteiger partial charge in [0.15, 0.2) is 5.76 Å². The Labute approximate surface area is 106 Å². The van der Waals surface area contributed by atoms with Crippen LogP contribution in [0.1, 0.15) is 28.6 Å². The number of hydrogen-bond donors (Lipinski definition) is 2. The standard InChI is InChI=1S/C14H17NO3/c1-8-4-11-6-13(14(17)15-7-10(3)16)18-12(11)5-9(8)2/h4-6,10,16H,7H2,1-3H3,(H,15,17). The lowest BCUT2D eigenvalue weighted by Crippen LogP contribution is -2.30. The van der Waals surface area contributed by atoms with E-state index in [2.05, 4.69) is 5.32 Å². The highest BCUT2D eigenvalue weighted by atomic mass is 16.3. The minimum Gasteiger partial charge on any atom is -0.451 e. The van der Waals surface area contributed by atoms with E-state index in [1.165, 1.54) is 5.56 Å². The molecule has 0 radical (unpaired) electrons. The Bertz CT molecular complexity index is 545. The molecule has 1 atom stereocenters. The van der Waals surface area contributed by atoms with Crippen molar-refractivity contribution in [2.75, 3.05) is 6.54 Å². The maximum absolute atomic E-state index is 11.8. The van der Waals surface area contributed by atoms with Gasteiger partial charge in [-0.2, -0.15) is 0 Å². The molecule has 1 heterocycles. The van der Waals surface area contributed by atoms with Crippen LogP contribution in [0.2, 0.25) is 0 Å². The van der Waals surface area contributed by atoms with Crippen molar-refractivity contribution in [3.8, 4) is 0 Å². The summed E-state index contributed by atoms with van der Waals surface area (Å²) < 4.78 is 5.50. The smallest absolute Gasteiger partial charge is 0.287 e. The minimum absolute atomic E-state index is 0.216. The first-order chi connectivity index (χ1) is 8.47. The molecule has 0 aliphatic carbocycles. The highest BCUT2D eigenvalue weighted by Gasteiger charge is 2.13. The van der Waals surface area contributed by atoms with Crippen LogP contribution in [-0.2, 0) is 0 Å². The fraction of sp³-hybridized carbons (Fsp3) is 0.357. The van der Waals surface area contributed by atoms with Gasteiger partial charge in [0.2, 0.25) is 0 Å². The van der Waals surface area contributed by atoms with Crippen molar-refractivity contribution in [3.63, 3.8) is 0 Å². The van der Waals surface area contributed by atoms with Gasteiger partial charge in [0.05, 0.1) is 6.10 Å². The number of carbonyl (C=O) groups is 1. The summed E-state index contributed by atoms with van der Waals surface area (Å²) in [5, 5.41) is 12.6. The van der Waals surface area contributed by atoms with Crippen molar-refractivity contribution >= 4 is 16.9 Å². The fourth-order valence-corrected chi connectivity index (χ4v) is 1.74. The average molecular weight is 247 g/mol. The molecule has 1 aromatic carbocycles. The molecule has 2 rings (SSSR count). The molecule has 2 aromatic rings. The second-order valence-electron chi connectivity index (χ2n) is 4.64. The second-order valence-corrected chi connectivity index (χ2v) is 4.64. The molecule has 0 aliphatic rings. The fourth-order valence-electron chi connectivity index (χ4n) is 1.74. The summed E-state index contributed by atoms with van der Waals surface area (Å²) >= 11 is 0. The Kier molecular flexibility index (Phi) is 3.39. The number of benzene rings is 1. The summed E-state index contributed by atoms with van der Waals surface area (Å²) in [5.41, 5.74) is 3.01. The molecule has 96 valence electrons. The van der Waals surface area contributed by atoms with Gasteiger partial charge in [-0.1, -0.05) is 0 Å². The van der Waals surface area contributed by atoms with Crippen molar-refractivity contribution in [1.82, 2.24) is 5.32 Å². The van der Waals surface area contributed by atoms with Crippen molar-refractivity contribution in [1.29, 1.82) is 0 Å². The SMILES string of the molecule is Cc1cc2cc(C(=O)NCC(C)O)oc2cc1C. The number of aliphatic hydroxyl groups is 1. The van der Waals surface area contributed by atoms with Crippen molar-refractivity contribution in [3.05, 3.63) is 35.1 Å². The number of aliphatic hydroxyl groups excluding tert-OH is 1. The van der Waals surface area contributed by atoms with E-state index in [4.69, 9.17) is 9.52 Å². The number of fused-ring (bicyclic) bond motifs is 1. The first kappa shape index (κ1) is 12.6. The van der Waals surface area contributed by atoms with E-state index in [-0.39, 0.29) is 18.2 Å².